The molecule has 0 bridgehead atoms. The van der Waals surface area contributed by atoms with Gasteiger partial charge in [-0.25, -0.2) is 4.39 Å². The highest BCUT2D eigenvalue weighted by Crippen LogP contribution is 2.36. The van der Waals surface area contributed by atoms with Gasteiger partial charge in [0.1, 0.15) is 5.82 Å². The van der Waals surface area contributed by atoms with E-state index in [4.69, 9.17) is 5.11 Å². The van der Waals surface area contributed by atoms with Gasteiger partial charge in [0.25, 0.3) is 0 Å². The number of aliphatic hydroxyl groups excluding tert-OH is 2. The van der Waals surface area contributed by atoms with Crippen LogP contribution >= 0.6 is 0 Å². The molecule has 2 aromatic carbocycles. The molecule has 0 amide bonds. The Morgan fingerprint density at radius 2 is 1.45 bits per heavy atom. The molecule has 0 saturated heterocycles. The second kappa shape index (κ2) is 6.64. The summed E-state index contributed by atoms with van der Waals surface area (Å²) in [5.74, 6) is -0.296. The van der Waals surface area contributed by atoms with Crippen LogP contribution in [0, 0.1) is 5.82 Å². The van der Waals surface area contributed by atoms with Crippen LogP contribution in [-0.2, 0) is 5.41 Å². The van der Waals surface area contributed by atoms with Gasteiger partial charge in [0.05, 0.1) is 6.61 Å². The van der Waals surface area contributed by atoms with E-state index < -0.39 is 5.41 Å². The topological polar surface area (TPSA) is 40.5 Å². The SMILES string of the molecule is OCCCC(CO)(c1ccccc1)c1ccc(F)cc1. The Morgan fingerprint density at radius 3 is 2.00 bits per heavy atom. The molecule has 0 aliphatic heterocycles. The zero-order valence-electron chi connectivity index (χ0n) is 11.3. The molecule has 2 N–H and O–H groups in total. The largest absolute Gasteiger partial charge is 0.396 e. The zero-order chi connectivity index (χ0) is 14.4. The first-order chi connectivity index (χ1) is 9.73. The minimum atomic E-state index is -0.600. The second-order valence-electron chi connectivity index (χ2n) is 4.94. The van der Waals surface area contributed by atoms with E-state index in [1.807, 2.05) is 30.3 Å². The van der Waals surface area contributed by atoms with Crippen LogP contribution in [0.4, 0.5) is 4.39 Å². The normalized spacial score (nSPS) is 13.9. The maximum Gasteiger partial charge on any atom is 0.123 e. The third kappa shape index (κ3) is 2.89. The quantitative estimate of drug-likeness (QED) is 0.850. The number of aliphatic hydroxyl groups is 2. The number of rotatable bonds is 6. The Morgan fingerprint density at radius 1 is 0.850 bits per heavy atom. The van der Waals surface area contributed by atoms with Crippen molar-refractivity contribution in [1.29, 1.82) is 0 Å². The lowest BCUT2D eigenvalue weighted by molar-refractivity contribution is 0.194. The van der Waals surface area contributed by atoms with Gasteiger partial charge < -0.3 is 10.2 Å². The summed E-state index contributed by atoms with van der Waals surface area (Å²) in [4.78, 5) is 0. The lowest BCUT2D eigenvalue weighted by atomic mass is 9.72. The summed E-state index contributed by atoms with van der Waals surface area (Å²) in [7, 11) is 0. The molecule has 0 heterocycles. The molecule has 1 unspecified atom stereocenters. The Kier molecular flexibility index (Phi) is 4.88. The third-order valence-electron chi connectivity index (χ3n) is 3.75. The fourth-order valence-corrected chi connectivity index (χ4v) is 2.62. The first-order valence-electron chi connectivity index (χ1n) is 6.76. The molecule has 1 atom stereocenters. The highest BCUT2D eigenvalue weighted by molar-refractivity contribution is 5.39. The van der Waals surface area contributed by atoms with Gasteiger partial charge >= 0.3 is 0 Å². The third-order valence-corrected chi connectivity index (χ3v) is 3.75. The van der Waals surface area contributed by atoms with Crippen molar-refractivity contribution in [3.05, 3.63) is 71.5 Å². The van der Waals surface area contributed by atoms with Crippen LogP contribution in [0.1, 0.15) is 24.0 Å². The first kappa shape index (κ1) is 14.7. The van der Waals surface area contributed by atoms with E-state index in [1.165, 1.54) is 12.1 Å². The number of halogens is 1. The van der Waals surface area contributed by atoms with Crippen LogP contribution in [0.5, 0.6) is 0 Å². The maximum atomic E-state index is 13.1. The van der Waals surface area contributed by atoms with E-state index in [-0.39, 0.29) is 19.0 Å². The summed E-state index contributed by atoms with van der Waals surface area (Å²) in [5.41, 5.74) is 1.24. The lowest BCUT2D eigenvalue weighted by Gasteiger charge is -2.33. The van der Waals surface area contributed by atoms with Gasteiger partial charge in [-0.05, 0) is 36.1 Å². The van der Waals surface area contributed by atoms with Gasteiger partial charge in [0.15, 0.2) is 0 Å². The van der Waals surface area contributed by atoms with Gasteiger partial charge in [0, 0.05) is 12.0 Å². The van der Waals surface area contributed by atoms with E-state index in [9.17, 15) is 9.50 Å². The first-order valence-corrected chi connectivity index (χ1v) is 6.76. The molecule has 2 rings (SSSR count). The Balaban J connectivity index is 2.49. The van der Waals surface area contributed by atoms with Crippen molar-refractivity contribution in [3.63, 3.8) is 0 Å². The number of hydrogen-bond acceptors (Lipinski definition) is 2. The molecule has 2 nitrogen and oxygen atoms in total. The predicted molar refractivity (Wildman–Crippen MR) is 77.0 cm³/mol. The van der Waals surface area contributed by atoms with E-state index in [0.717, 1.165) is 11.1 Å². The summed E-state index contributed by atoms with van der Waals surface area (Å²) in [6, 6.07) is 15.9. The average Bonchev–Trinajstić information content (AvgIpc) is 2.51. The smallest absolute Gasteiger partial charge is 0.123 e. The van der Waals surface area contributed by atoms with Crippen LogP contribution in [0.15, 0.2) is 54.6 Å². The van der Waals surface area contributed by atoms with E-state index in [2.05, 4.69) is 0 Å². The molecule has 0 aliphatic carbocycles. The zero-order valence-corrected chi connectivity index (χ0v) is 11.3. The molecule has 0 aromatic heterocycles. The second-order valence-corrected chi connectivity index (χ2v) is 4.94. The van der Waals surface area contributed by atoms with Crippen LogP contribution < -0.4 is 0 Å². The molecular formula is C17H19FO2. The van der Waals surface area contributed by atoms with Crippen molar-refractivity contribution >= 4 is 0 Å². The molecule has 20 heavy (non-hydrogen) atoms. The van der Waals surface area contributed by atoms with Gasteiger partial charge in [-0.3, -0.25) is 0 Å². The molecular weight excluding hydrogens is 255 g/mol. The van der Waals surface area contributed by atoms with Crippen LogP contribution in [0.25, 0.3) is 0 Å². The van der Waals surface area contributed by atoms with E-state index in [0.29, 0.717) is 12.8 Å². The minimum absolute atomic E-state index is 0.0653. The van der Waals surface area contributed by atoms with Crippen molar-refractivity contribution in [2.24, 2.45) is 0 Å². The summed E-state index contributed by atoms with van der Waals surface area (Å²) >= 11 is 0. The van der Waals surface area contributed by atoms with Gasteiger partial charge in [0.2, 0.25) is 0 Å². The van der Waals surface area contributed by atoms with Crippen molar-refractivity contribution in [2.75, 3.05) is 13.2 Å². The minimum Gasteiger partial charge on any atom is -0.396 e. The average molecular weight is 274 g/mol. The monoisotopic (exact) mass is 274 g/mol. The Labute approximate surface area is 118 Å². The highest BCUT2D eigenvalue weighted by atomic mass is 19.1. The number of benzene rings is 2. The fourth-order valence-electron chi connectivity index (χ4n) is 2.62. The summed E-state index contributed by atoms with van der Waals surface area (Å²) < 4.78 is 13.1. The van der Waals surface area contributed by atoms with Crippen molar-refractivity contribution < 1.29 is 14.6 Å². The Hall–Kier alpha value is -1.71. The number of hydrogen-bond donors (Lipinski definition) is 2. The molecule has 0 radical (unpaired) electrons. The molecule has 2 aromatic rings. The molecule has 106 valence electrons. The summed E-state index contributed by atoms with van der Waals surface area (Å²) in [6.45, 7) is -0.0155. The van der Waals surface area contributed by atoms with Gasteiger partial charge in [-0.1, -0.05) is 42.5 Å². The van der Waals surface area contributed by atoms with Crippen molar-refractivity contribution in [1.82, 2.24) is 0 Å². The van der Waals surface area contributed by atoms with Crippen LogP contribution in [0.3, 0.4) is 0 Å². The fraction of sp³-hybridized carbons (Fsp3) is 0.294. The lowest BCUT2D eigenvalue weighted by Crippen LogP contribution is -2.32. The maximum absolute atomic E-state index is 13.1. The molecule has 0 fully saturated rings. The highest BCUT2D eigenvalue weighted by Gasteiger charge is 2.33. The van der Waals surface area contributed by atoms with Crippen molar-refractivity contribution in [3.8, 4) is 0 Å². The Bertz CT molecular complexity index is 524. The van der Waals surface area contributed by atoms with E-state index in [1.54, 1.807) is 12.1 Å². The standard InChI is InChI=1S/C17H19FO2/c18-16-9-7-15(8-10-16)17(13-20,11-4-12-19)14-5-2-1-3-6-14/h1-3,5-10,19-20H,4,11-13H2. The molecule has 0 aliphatic rings. The van der Waals surface area contributed by atoms with Crippen LogP contribution in [0.2, 0.25) is 0 Å². The van der Waals surface area contributed by atoms with Gasteiger partial charge in [-0.2, -0.15) is 0 Å². The molecule has 0 saturated carbocycles. The predicted octanol–water partition coefficient (Wildman–Crippen LogP) is 2.88. The van der Waals surface area contributed by atoms with Crippen molar-refractivity contribution in [2.45, 2.75) is 18.3 Å². The summed E-state index contributed by atoms with van der Waals surface area (Å²) in [6.07, 6.45) is 1.18. The summed E-state index contributed by atoms with van der Waals surface area (Å²) in [5, 5.41) is 19.1. The van der Waals surface area contributed by atoms with Crippen LogP contribution in [-0.4, -0.2) is 23.4 Å². The molecule has 0 spiro atoms. The molecule has 3 heteroatoms. The van der Waals surface area contributed by atoms with E-state index >= 15 is 0 Å². The van der Waals surface area contributed by atoms with Gasteiger partial charge in [-0.15, -0.1) is 0 Å².